The van der Waals surface area contributed by atoms with Gasteiger partial charge in [0.1, 0.15) is 18.2 Å². The third-order valence-electron chi connectivity index (χ3n) is 2.61. The Hall–Kier alpha value is -1.66. The number of hydrogen-bond acceptors (Lipinski definition) is 4. The van der Waals surface area contributed by atoms with Crippen molar-refractivity contribution in [3.05, 3.63) is 40.9 Å². The van der Waals surface area contributed by atoms with Crippen LogP contribution >= 0.6 is 11.6 Å². The van der Waals surface area contributed by atoms with Crippen molar-refractivity contribution in [2.75, 3.05) is 13.2 Å². The van der Waals surface area contributed by atoms with Gasteiger partial charge in [0.2, 0.25) is 0 Å². The van der Waals surface area contributed by atoms with E-state index in [0.29, 0.717) is 25.4 Å². The number of halogens is 2. The number of nitrogens with one attached hydrogen (secondary N) is 1. The van der Waals surface area contributed by atoms with Crippen LogP contribution in [0.5, 0.6) is 5.75 Å². The molecule has 1 heterocycles. The SMILES string of the molecule is CCNCc1cn(CCOc2ccc(F)cc2Cl)nn1. The van der Waals surface area contributed by atoms with E-state index in [0.717, 1.165) is 12.2 Å². The zero-order valence-electron chi connectivity index (χ0n) is 11.1. The van der Waals surface area contributed by atoms with Crippen molar-refractivity contribution in [2.45, 2.75) is 20.0 Å². The molecule has 0 amide bonds. The molecule has 1 aromatic carbocycles. The molecule has 0 saturated carbocycles. The summed E-state index contributed by atoms with van der Waals surface area (Å²) < 4.78 is 20.1. The Morgan fingerprint density at radius 1 is 1.45 bits per heavy atom. The lowest BCUT2D eigenvalue weighted by Gasteiger charge is -2.07. The normalized spacial score (nSPS) is 10.8. The number of benzene rings is 1. The summed E-state index contributed by atoms with van der Waals surface area (Å²) in [6.07, 6.45) is 1.86. The van der Waals surface area contributed by atoms with Gasteiger partial charge in [0.25, 0.3) is 0 Å². The molecule has 0 saturated heterocycles. The Morgan fingerprint density at radius 2 is 2.30 bits per heavy atom. The van der Waals surface area contributed by atoms with E-state index in [1.54, 1.807) is 4.68 Å². The standard InChI is InChI=1S/C13H16ClFN4O/c1-2-16-8-11-9-19(18-17-11)5-6-20-13-4-3-10(15)7-12(13)14/h3-4,7,9,16H,2,5-6,8H2,1H3. The number of rotatable bonds is 7. The number of ether oxygens (including phenoxy) is 1. The highest BCUT2D eigenvalue weighted by Gasteiger charge is 2.04. The van der Waals surface area contributed by atoms with Gasteiger partial charge in [-0.15, -0.1) is 5.10 Å². The predicted molar refractivity (Wildman–Crippen MR) is 74.3 cm³/mol. The summed E-state index contributed by atoms with van der Waals surface area (Å²) in [5, 5.41) is 11.5. The van der Waals surface area contributed by atoms with Gasteiger partial charge in [0.15, 0.2) is 0 Å². The van der Waals surface area contributed by atoms with Gasteiger partial charge in [-0.25, -0.2) is 9.07 Å². The van der Waals surface area contributed by atoms with Crippen LogP contribution in [0.25, 0.3) is 0 Å². The third-order valence-corrected chi connectivity index (χ3v) is 2.91. The molecule has 0 bridgehead atoms. The molecule has 0 aliphatic heterocycles. The maximum absolute atomic E-state index is 12.9. The molecule has 0 atom stereocenters. The lowest BCUT2D eigenvalue weighted by Crippen LogP contribution is -2.12. The van der Waals surface area contributed by atoms with Gasteiger partial charge >= 0.3 is 0 Å². The molecule has 0 aliphatic rings. The molecule has 5 nitrogen and oxygen atoms in total. The fraction of sp³-hybridized carbons (Fsp3) is 0.385. The third kappa shape index (κ3) is 4.18. The van der Waals surface area contributed by atoms with Crippen molar-refractivity contribution < 1.29 is 9.13 Å². The molecule has 0 fully saturated rings. The molecule has 1 N–H and O–H groups in total. The molecule has 108 valence electrons. The van der Waals surface area contributed by atoms with E-state index in [1.807, 2.05) is 13.1 Å². The Labute approximate surface area is 121 Å². The second-order valence-electron chi connectivity index (χ2n) is 4.18. The number of nitrogens with zero attached hydrogens (tertiary/aromatic N) is 3. The average molecular weight is 299 g/mol. The van der Waals surface area contributed by atoms with Crippen LogP contribution in [0.1, 0.15) is 12.6 Å². The highest BCUT2D eigenvalue weighted by Crippen LogP contribution is 2.24. The Kier molecular flexibility index (Phi) is 5.31. The minimum atomic E-state index is -0.383. The van der Waals surface area contributed by atoms with Gasteiger partial charge in [-0.05, 0) is 24.7 Å². The molecule has 7 heteroatoms. The van der Waals surface area contributed by atoms with Crippen molar-refractivity contribution in [2.24, 2.45) is 0 Å². The summed E-state index contributed by atoms with van der Waals surface area (Å²) in [6, 6.07) is 4.04. The number of aromatic nitrogens is 3. The van der Waals surface area contributed by atoms with Gasteiger partial charge in [-0.1, -0.05) is 23.7 Å². The highest BCUT2D eigenvalue weighted by molar-refractivity contribution is 6.32. The first-order chi connectivity index (χ1) is 9.69. The van der Waals surface area contributed by atoms with E-state index in [2.05, 4.69) is 15.6 Å². The first-order valence-electron chi connectivity index (χ1n) is 6.36. The van der Waals surface area contributed by atoms with E-state index >= 15 is 0 Å². The van der Waals surface area contributed by atoms with Crippen molar-refractivity contribution >= 4 is 11.6 Å². The van der Waals surface area contributed by atoms with Crippen LogP contribution in [0.4, 0.5) is 4.39 Å². The zero-order chi connectivity index (χ0) is 14.4. The summed E-state index contributed by atoms with van der Waals surface area (Å²) in [7, 11) is 0. The zero-order valence-corrected chi connectivity index (χ0v) is 11.9. The van der Waals surface area contributed by atoms with Crippen molar-refractivity contribution in [3.63, 3.8) is 0 Å². The van der Waals surface area contributed by atoms with E-state index < -0.39 is 0 Å². The van der Waals surface area contributed by atoms with Gasteiger partial charge in [-0.2, -0.15) is 0 Å². The van der Waals surface area contributed by atoms with E-state index in [-0.39, 0.29) is 10.8 Å². The van der Waals surface area contributed by atoms with Gasteiger partial charge in [0, 0.05) is 12.7 Å². The maximum atomic E-state index is 12.9. The largest absolute Gasteiger partial charge is 0.490 e. The molecule has 0 radical (unpaired) electrons. The predicted octanol–water partition coefficient (Wildman–Crippen LogP) is 2.26. The second-order valence-corrected chi connectivity index (χ2v) is 4.58. The first kappa shape index (κ1) is 14.7. The molecule has 2 rings (SSSR count). The lowest BCUT2D eigenvalue weighted by atomic mass is 10.3. The summed E-state index contributed by atoms with van der Waals surface area (Å²) in [5.74, 6) is 0.0766. The molecular weight excluding hydrogens is 283 g/mol. The molecular formula is C13H16ClFN4O. The van der Waals surface area contributed by atoms with Crippen LogP contribution in [0.2, 0.25) is 5.02 Å². The molecule has 20 heavy (non-hydrogen) atoms. The average Bonchev–Trinajstić information content (AvgIpc) is 2.87. The number of hydrogen-bond donors (Lipinski definition) is 1. The van der Waals surface area contributed by atoms with E-state index in [4.69, 9.17) is 16.3 Å². The minimum Gasteiger partial charge on any atom is -0.490 e. The Bertz CT molecular complexity index is 561. The van der Waals surface area contributed by atoms with Crippen LogP contribution in [0.3, 0.4) is 0 Å². The second kappa shape index (κ2) is 7.21. The smallest absolute Gasteiger partial charge is 0.138 e. The minimum absolute atomic E-state index is 0.261. The Balaban J connectivity index is 1.82. The molecule has 0 spiro atoms. The highest BCUT2D eigenvalue weighted by atomic mass is 35.5. The summed E-state index contributed by atoms with van der Waals surface area (Å²) >= 11 is 5.86. The quantitative estimate of drug-likeness (QED) is 0.852. The summed E-state index contributed by atoms with van der Waals surface area (Å²) in [4.78, 5) is 0. The van der Waals surface area contributed by atoms with Crippen LogP contribution in [0.15, 0.2) is 24.4 Å². The summed E-state index contributed by atoms with van der Waals surface area (Å²) in [6.45, 7) is 4.55. The molecule has 0 unspecified atom stereocenters. The first-order valence-corrected chi connectivity index (χ1v) is 6.74. The fourth-order valence-corrected chi connectivity index (χ4v) is 1.85. The van der Waals surface area contributed by atoms with Crippen LogP contribution in [-0.4, -0.2) is 28.1 Å². The lowest BCUT2D eigenvalue weighted by molar-refractivity contribution is 0.289. The monoisotopic (exact) mass is 298 g/mol. The molecule has 2 aromatic rings. The van der Waals surface area contributed by atoms with Crippen molar-refractivity contribution in [1.82, 2.24) is 20.3 Å². The van der Waals surface area contributed by atoms with Gasteiger partial charge < -0.3 is 10.1 Å². The fourth-order valence-electron chi connectivity index (χ4n) is 1.62. The molecule has 1 aromatic heterocycles. The van der Waals surface area contributed by atoms with Crippen molar-refractivity contribution in [3.8, 4) is 5.75 Å². The van der Waals surface area contributed by atoms with Gasteiger partial charge in [0.05, 0.1) is 17.3 Å². The Morgan fingerprint density at radius 3 is 3.05 bits per heavy atom. The van der Waals surface area contributed by atoms with E-state index in [1.165, 1.54) is 18.2 Å². The maximum Gasteiger partial charge on any atom is 0.138 e. The molecule has 0 aliphatic carbocycles. The van der Waals surface area contributed by atoms with Crippen LogP contribution in [-0.2, 0) is 13.1 Å². The van der Waals surface area contributed by atoms with Gasteiger partial charge in [-0.3, -0.25) is 0 Å². The topological polar surface area (TPSA) is 52.0 Å². The summed E-state index contributed by atoms with van der Waals surface area (Å²) in [5.41, 5.74) is 0.881. The van der Waals surface area contributed by atoms with Crippen LogP contribution < -0.4 is 10.1 Å². The van der Waals surface area contributed by atoms with Crippen LogP contribution in [0, 0.1) is 5.82 Å². The van der Waals surface area contributed by atoms with Crippen molar-refractivity contribution in [1.29, 1.82) is 0 Å². The van der Waals surface area contributed by atoms with E-state index in [9.17, 15) is 4.39 Å².